The van der Waals surface area contributed by atoms with E-state index < -0.39 is 0 Å². The van der Waals surface area contributed by atoms with Crippen LogP contribution in [0, 0.1) is 0 Å². The third-order valence-corrected chi connectivity index (χ3v) is 4.92. The summed E-state index contributed by atoms with van der Waals surface area (Å²) in [6, 6.07) is 2.13. The van der Waals surface area contributed by atoms with Gasteiger partial charge in [-0.25, -0.2) is 0 Å². The highest BCUT2D eigenvalue weighted by Crippen LogP contribution is 2.30. The Morgan fingerprint density at radius 2 is 2.00 bits per heavy atom. The van der Waals surface area contributed by atoms with Crippen LogP contribution >= 0.6 is 11.3 Å². The van der Waals surface area contributed by atoms with E-state index in [9.17, 15) is 4.79 Å². The Labute approximate surface area is 114 Å². The zero-order valence-corrected chi connectivity index (χ0v) is 12.5. The molecule has 1 amide bonds. The maximum atomic E-state index is 12.4. The second-order valence-corrected chi connectivity index (χ2v) is 6.49. The molecular formula is C15H23NOS. The monoisotopic (exact) mass is 265 g/mol. The van der Waals surface area contributed by atoms with Gasteiger partial charge in [-0.3, -0.25) is 4.79 Å². The van der Waals surface area contributed by atoms with Crippen LogP contribution in [0.1, 0.15) is 66.1 Å². The van der Waals surface area contributed by atoms with Crippen molar-refractivity contribution in [1.29, 1.82) is 0 Å². The van der Waals surface area contributed by atoms with E-state index in [1.54, 1.807) is 11.3 Å². The zero-order valence-electron chi connectivity index (χ0n) is 11.7. The third kappa shape index (κ3) is 2.77. The highest BCUT2D eigenvalue weighted by atomic mass is 32.1. The number of aryl methyl sites for hydroxylation is 1. The van der Waals surface area contributed by atoms with Gasteiger partial charge in [-0.1, -0.05) is 20.8 Å². The predicted octanol–water partition coefficient (Wildman–Crippen LogP) is 4.06. The summed E-state index contributed by atoms with van der Waals surface area (Å²) in [6.07, 6.45) is 4.63. The number of likely N-dealkylation sites (tertiary alicyclic amines) is 1. The molecule has 100 valence electrons. The van der Waals surface area contributed by atoms with Crippen LogP contribution in [0.15, 0.2) is 6.07 Å². The molecule has 1 aliphatic rings. The summed E-state index contributed by atoms with van der Waals surface area (Å²) in [7, 11) is 0. The lowest BCUT2D eigenvalue weighted by Crippen LogP contribution is -2.35. The minimum atomic E-state index is 0.251. The van der Waals surface area contributed by atoms with Crippen molar-refractivity contribution in [2.24, 2.45) is 0 Å². The van der Waals surface area contributed by atoms with Crippen LogP contribution in [0.3, 0.4) is 0 Å². The second-order valence-electron chi connectivity index (χ2n) is 5.35. The summed E-state index contributed by atoms with van der Waals surface area (Å²) >= 11 is 1.70. The van der Waals surface area contributed by atoms with Gasteiger partial charge in [-0.2, -0.15) is 0 Å². The maximum Gasteiger partial charge on any atom is 0.263 e. The molecule has 1 saturated heterocycles. The maximum absolute atomic E-state index is 12.4. The van der Waals surface area contributed by atoms with E-state index in [0.717, 1.165) is 37.2 Å². The molecule has 2 rings (SSSR count). The molecule has 0 radical (unpaired) electrons. The number of hydrogen-bond acceptors (Lipinski definition) is 2. The van der Waals surface area contributed by atoms with Crippen LogP contribution in [0.5, 0.6) is 0 Å². The highest BCUT2D eigenvalue weighted by Gasteiger charge is 2.21. The van der Waals surface area contributed by atoms with Crippen LogP contribution in [0.2, 0.25) is 0 Å². The molecule has 0 unspecified atom stereocenters. The van der Waals surface area contributed by atoms with Gasteiger partial charge in [0.25, 0.3) is 5.91 Å². The van der Waals surface area contributed by atoms with E-state index in [0.29, 0.717) is 5.92 Å². The fraction of sp³-hybridized carbons (Fsp3) is 0.667. The van der Waals surface area contributed by atoms with Gasteiger partial charge in [-0.05, 0) is 43.2 Å². The van der Waals surface area contributed by atoms with Crippen LogP contribution in [0.25, 0.3) is 0 Å². The first-order valence-electron chi connectivity index (χ1n) is 7.05. The van der Waals surface area contributed by atoms with Crippen molar-refractivity contribution >= 4 is 17.2 Å². The smallest absolute Gasteiger partial charge is 0.263 e. The van der Waals surface area contributed by atoms with Crippen molar-refractivity contribution in [3.63, 3.8) is 0 Å². The highest BCUT2D eigenvalue weighted by molar-refractivity contribution is 7.14. The van der Waals surface area contributed by atoms with Crippen molar-refractivity contribution in [3.05, 3.63) is 21.4 Å². The van der Waals surface area contributed by atoms with Gasteiger partial charge in [-0.15, -0.1) is 11.3 Å². The van der Waals surface area contributed by atoms with Gasteiger partial charge in [0.1, 0.15) is 0 Å². The normalized spacial score (nSPS) is 16.3. The molecule has 0 atom stereocenters. The van der Waals surface area contributed by atoms with Gasteiger partial charge in [0.15, 0.2) is 0 Å². The number of hydrogen-bond donors (Lipinski definition) is 0. The fourth-order valence-corrected chi connectivity index (χ4v) is 3.79. The number of rotatable bonds is 3. The van der Waals surface area contributed by atoms with Gasteiger partial charge in [0, 0.05) is 18.0 Å². The lowest BCUT2D eigenvalue weighted by molar-refractivity contribution is 0.0729. The van der Waals surface area contributed by atoms with Gasteiger partial charge in [0.05, 0.1) is 4.88 Å². The molecule has 2 heterocycles. The first-order valence-corrected chi connectivity index (χ1v) is 7.87. The first kappa shape index (κ1) is 13.6. The van der Waals surface area contributed by atoms with E-state index in [4.69, 9.17) is 0 Å². The van der Waals surface area contributed by atoms with Crippen molar-refractivity contribution < 1.29 is 4.79 Å². The molecule has 18 heavy (non-hydrogen) atoms. The summed E-state index contributed by atoms with van der Waals surface area (Å²) in [4.78, 5) is 16.8. The SMILES string of the molecule is CCc1sc(C(=O)N2CCCCC2)cc1C(C)C. The van der Waals surface area contributed by atoms with Crippen LogP contribution in [-0.2, 0) is 6.42 Å². The summed E-state index contributed by atoms with van der Waals surface area (Å²) in [5, 5.41) is 0. The summed E-state index contributed by atoms with van der Waals surface area (Å²) < 4.78 is 0. The number of nitrogens with zero attached hydrogens (tertiary/aromatic N) is 1. The average molecular weight is 265 g/mol. The molecule has 0 N–H and O–H groups in total. The van der Waals surface area contributed by atoms with Crippen molar-refractivity contribution in [1.82, 2.24) is 4.90 Å². The largest absolute Gasteiger partial charge is 0.338 e. The molecule has 0 spiro atoms. The molecule has 0 bridgehead atoms. The molecule has 3 heteroatoms. The summed E-state index contributed by atoms with van der Waals surface area (Å²) in [5.41, 5.74) is 1.36. The van der Waals surface area contributed by atoms with Gasteiger partial charge >= 0.3 is 0 Å². The molecule has 2 nitrogen and oxygen atoms in total. The fourth-order valence-electron chi connectivity index (χ4n) is 2.57. The number of thiophene rings is 1. The lowest BCUT2D eigenvalue weighted by Gasteiger charge is -2.26. The Balaban J connectivity index is 2.19. The number of carbonyl (C=O) groups is 1. The first-order chi connectivity index (χ1) is 8.63. The average Bonchev–Trinajstić information content (AvgIpc) is 2.83. The Morgan fingerprint density at radius 1 is 1.33 bits per heavy atom. The summed E-state index contributed by atoms with van der Waals surface area (Å²) in [6.45, 7) is 8.46. The Morgan fingerprint density at radius 3 is 2.50 bits per heavy atom. The van der Waals surface area contributed by atoms with Crippen LogP contribution < -0.4 is 0 Å². The van der Waals surface area contributed by atoms with E-state index in [1.807, 2.05) is 4.90 Å². The second kappa shape index (κ2) is 5.87. The Kier molecular flexibility index (Phi) is 4.44. The standard InChI is InChI=1S/C15H23NOS/c1-4-13-12(11(2)3)10-14(18-13)15(17)16-8-6-5-7-9-16/h10-11H,4-9H2,1-3H3. The quantitative estimate of drug-likeness (QED) is 0.807. The predicted molar refractivity (Wildman–Crippen MR) is 77.5 cm³/mol. The Hall–Kier alpha value is -0.830. The molecule has 1 aromatic heterocycles. The molecule has 1 aliphatic heterocycles. The van der Waals surface area contributed by atoms with Gasteiger partial charge in [0.2, 0.25) is 0 Å². The lowest BCUT2D eigenvalue weighted by atomic mass is 10.0. The molecular weight excluding hydrogens is 242 g/mol. The molecule has 1 fully saturated rings. The number of piperidine rings is 1. The molecule has 1 aromatic rings. The Bertz CT molecular complexity index is 416. The number of amides is 1. The van der Waals surface area contributed by atoms with Crippen molar-refractivity contribution in [2.45, 2.75) is 52.4 Å². The number of carbonyl (C=O) groups excluding carboxylic acids is 1. The van der Waals surface area contributed by atoms with Crippen LogP contribution in [0.4, 0.5) is 0 Å². The van der Waals surface area contributed by atoms with Gasteiger partial charge < -0.3 is 4.90 Å². The van der Waals surface area contributed by atoms with E-state index in [1.165, 1.54) is 16.9 Å². The zero-order chi connectivity index (χ0) is 13.1. The molecule has 0 aliphatic carbocycles. The topological polar surface area (TPSA) is 20.3 Å². The molecule has 0 saturated carbocycles. The minimum absolute atomic E-state index is 0.251. The molecule has 0 aromatic carbocycles. The van der Waals surface area contributed by atoms with E-state index in [-0.39, 0.29) is 5.91 Å². The van der Waals surface area contributed by atoms with Crippen molar-refractivity contribution in [3.8, 4) is 0 Å². The summed E-state index contributed by atoms with van der Waals surface area (Å²) in [5.74, 6) is 0.764. The van der Waals surface area contributed by atoms with E-state index >= 15 is 0 Å². The van der Waals surface area contributed by atoms with E-state index in [2.05, 4.69) is 26.8 Å². The third-order valence-electron chi connectivity index (χ3n) is 3.64. The minimum Gasteiger partial charge on any atom is -0.338 e. The van der Waals surface area contributed by atoms with Crippen molar-refractivity contribution in [2.75, 3.05) is 13.1 Å². The van der Waals surface area contributed by atoms with Crippen LogP contribution in [-0.4, -0.2) is 23.9 Å².